The number of rotatable bonds is 5. The van der Waals surface area contributed by atoms with Gasteiger partial charge in [0.15, 0.2) is 0 Å². The Bertz CT molecular complexity index is 2700. The summed E-state index contributed by atoms with van der Waals surface area (Å²) in [4.78, 5) is 0. The highest BCUT2D eigenvalue weighted by atomic mass is 15.0. The standard InChI is InChI=1S/C45H32N2/c1-3-4-21-41-30(2)39-27-31(23-25-43(39)47(41)45-29-33-14-8-9-17-35(33)36-18-10-11-19-37(36)45)32-24-26-44-40(28-32)38-20-12-13-22-42(38)46(44)34-15-6-5-7-16-34/h3-29H,1H2,2H3/b21-4-. The molecule has 7 aromatic carbocycles. The molecule has 0 unspecified atom stereocenters. The maximum Gasteiger partial charge on any atom is 0.0546 e. The molecule has 0 bridgehead atoms. The Morgan fingerprint density at radius 3 is 1.85 bits per heavy atom. The average Bonchev–Trinajstić information content (AvgIpc) is 3.61. The third-order valence-electron chi connectivity index (χ3n) is 9.66. The zero-order valence-electron chi connectivity index (χ0n) is 26.2. The summed E-state index contributed by atoms with van der Waals surface area (Å²) in [6.45, 7) is 6.22. The van der Waals surface area contributed by atoms with E-state index in [1.165, 1.54) is 88.0 Å². The number of hydrogen-bond acceptors (Lipinski definition) is 0. The summed E-state index contributed by atoms with van der Waals surface area (Å²) in [6, 6.07) is 53.0. The zero-order chi connectivity index (χ0) is 31.5. The van der Waals surface area contributed by atoms with E-state index in [1.54, 1.807) is 0 Å². The Morgan fingerprint density at radius 2 is 1.09 bits per heavy atom. The van der Waals surface area contributed by atoms with E-state index in [4.69, 9.17) is 0 Å². The number of fused-ring (bicyclic) bond motifs is 7. The number of para-hydroxylation sites is 2. The minimum atomic E-state index is 1.17. The smallest absolute Gasteiger partial charge is 0.0546 e. The van der Waals surface area contributed by atoms with Crippen LogP contribution in [0, 0.1) is 6.92 Å². The van der Waals surface area contributed by atoms with Crippen LogP contribution in [0.3, 0.4) is 0 Å². The topological polar surface area (TPSA) is 9.86 Å². The van der Waals surface area contributed by atoms with Crippen molar-refractivity contribution in [3.8, 4) is 22.5 Å². The molecule has 222 valence electrons. The van der Waals surface area contributed by atoms with Crippen molar-refractivity contribution >= 4 is 60.3 Å². The van der Waals surface area contributed by atoms with Crippen molar-refractivity contribution < 1.29 is 0 Å². The van der Waals surface area contributed by atoms with Crippen LogP contribution in [0.4, 0.5) is 0 Å². The fourth-order valence-corrected chi connectivity index (χ4v) is 7.49. The second kappa shape index (κ2) is 10.8. The monoisotopic (exact) mass is 600 g/mol. The van der Waals surface area contributed by atoms with Gasteiger partial charge in [-0.3, -0.25) is 0 Å². The van der Waals surface area contributed by atoms with Gasteiger partial charge in [-0.25, -0.2) is 0 Å². The molecule has 0 aliphatic carbocycles. The summed E-state index contributed by atoms with van der Waals surface area (Å²) >= 11 is 0. The highest BCUT2D eigenvalue weighted by Crippen LogP contribution is 2.39. The van der Waals surface area contributed by atoms with Crippen molar-refractivity contribution in [3.63, 3.8) is 0 Å². The Labute approximate surface area is 273 Å². The maximum atomic E-state index is 3.98. The van der Waals surface area contributed by atoms with Crippen LogP contribution in [-0.2, 0) is 0 Å². The molecule has 0 aliphatic rings. The van der Waals surface area contributed by atoms with Crippen molar-refractivity contribution in [1.82, 2.24) is 9.13 Å². The van der Waals surface area contributed by atoms with Gasteiger partial charge in [0.2, 0.25) is 0 Å². The van der Waals surface area contributed by atoms with Crippen LogP contribution in [-0.4, -0.2) is 9.13 Å². The minimum Gasteiger partial charge on any atom is -0.309 e. The van der Waals surface area contributed by atoms with E-state index in [0.717, 1.165) is 0 Å². The predicted octanol–water partition coefficient (Wildman–Crippen LogP) is 12.2. The van der Waals surface area contributed by atoms with E-state index < -0.39 is 0 Å². The number of benzene rings is 7. The number of hydrogen-bond donors (Lipinski definition) is 0. The molecule has 0 amide bonds. The molecule has 47 heavy (non-hydrogen) atoms. The van der Waals surface area contributed by atoms with Crippen LogP contribution < -0.4 is 0 Å². The first-order chi connectivity index (χ1) is 23.2. The van der Waals surface area contributed by atoms with Crippen molar-refractivity contribution in [1.29, 1.82) is 0 Å². The molecule has 0 saturated heterocycles. The van der Waals surface area contributed by atoms with Gasteiger partial charge >= 0.3 is 0 Å². The van der Waals surface area contributed by atoms with Gasteiger partial charge in [0.25, 0.3) is 0 Å². The Morgan fingerprint density at radius 1 is 0.489 bits per heavy atom. The van der Waals surface area contributed by atoms with Gasteiger partial charge < -0.3 is 9.13 Å². The van der Waals surface area contributed by atoms with Gasteiger partial charge in [0, 0.05) is 32.9 Å². The van der Waals surface area contributed by atoms with Gasteiger partial charge in [-0.15, -0.1) is 0 Å². The lowest BCUT2D eigenvalue weighted by atomic mass is 9.99. The molecule has 0 fully saturated rings. The first kappa shape index (κ1) is 27.2. The van der Waals surface area contributed by atoms with E-state index in [-0.39, 0.29) is 0 Å². The molecule has 2 nitrogen and oxygen atoms in total. The fraction of sp³-hybridized carbons (Fsp3) is 0.0222. The molecular formula is C45H32N2. The van der Waals surface area contributed by atoms with Gasteiger partial charge in [0.1, 0.15) is 0 Å². The van der Waals surface area contributed by atoms with Crippen LogP contribution in [0.25, 0.3) is 82.8 Å². The van der Waals surface area contributed by atoms with Gasteiger partial charge in [-0.2, -0.15) is 0 Å². The molecular weight excluding hydrogens is 569 g/mol. The summed E-state index contributed by atoms with van der Waals surface area (Å²) < 4.78 is 4.80. The molecule has 9 rings (SSSR count). The van der Waals surface area contributed by atoms with Crippen LogP contribution >= 0.6 is 0 Å². The predicted molar refractivity (Wildman–Crippen MR) is 202 cm³/mol. The molecule has 9 aromatic rings. The number of allylic oxidation sites excluding steroid dienone is 2. The number of aryl methyl sites for hydroxylation is 1. The zero-order valence-corrected chi connectivity index (χ0v) is 26.2. The Hall–Kier alpha value is -6.12. The van der Waals surface area contributed by atoms with E-state index in [2.05, 4.69) is 174 Å². The van der Waals surface area contributed by atoms with Crippen LogP contribution in [0.5, 0.6) is 0 Å². The molecule has 0 N–H and O–H groups in total. The Kier molecular flexibility index (Phi) is 6.22. The van der Waals surface area contributed by atoms with Crippen molar-refractivity contribution in [3.05, 3.63) is 176 Å². The Balaban J connectivity index is 1.28. The summed E-state index contributed by atoms with van der Waals surface area (Å²) in [5.41, 5.74) is 10.8. The summed E-state index contributed by atoms with van der Waals surface area (Å²) in [5.74, 6) is 0. The SMILES string of the molecule is C=C/C=C\c1c(C)c2cc(-c3ccc4c(c3)c3ccccc3n4-c3ccccc3)ccc2n1-c1cc2ccccc2c2ccccc12. The molecule has 0 atom stereocenters. The van der Waals surface area contributed by atoms with Gasteiger partial charge in [-0.1, -0.05) is 116 Å². The van der Waals surface area contributed by atoms with Gasteiger partial charge in [-0.05, 0) is 94.4 Å². The summed E-state index contributed by atoms with van der Waals surface area (Å²) in [6.07, 6.45) is 6.08. The van der Waals surface area contributed by atoms with E-state index in [1.807, 2.05) is 12.2 Å². The number of aromatic nitrogens is 2. The molecule has 0 aliphatic heterocycles. The maximum absolute atomic E-state index is 3.98. The minimum absolute atomic E-state index is 1.17. The first-order valence-corrected chi connectivity index (χ1v) is 16.2. The molecule has 2 heteroatoms. The summed E-state index contributed by atoms with van der Waals surface area (Å²) in [5, 5.41) is 8.77. The third-order valence-corrected chi connectivity index (χ3v) is 9.66. The lowest BCUT2D eigenvalue weighted by molar-refractivity contribution is 1.11. The van der Waals surface area contributed by atoms with Crippen molar-refractivity contribution in [2.75, 3.05) is 0 Å². The fourth-order valence-electron chi connectivity index (χ4n) is 7.49. The van der Waals surface area contributed by atoms with Crippen LogP contribution in [0.1, 0.15) is 11.3 Å². The second-order valence-corrected chi connectivity index (χ2v) is 12.3. The lowest BCUT2D eigenvalue weighted by Gasteiger charge is -2.15. The second-order valence-electron chi connectivity index (χ2n) is 12.3. The average molecular weight is 601 g/mol. The number of nitrogens with zero attached hydrogens (tertiary/aromatic N) is 2. The summed E-state index contributed by atoms with van der Waals surface area (Å²) in [7, 11) is 0. The van der Waals surface area contributed by atoms with Gasteiger partial charge in [0.05, 0.1) is 22.2 Å². The quantitative estimate of drug-likeness (QED) is 0.137. The first-order valence-electron chi connectivity index (χ1n) is 16.2. The molecule has 2 aromatic heterocycles. The van der Waals surface area contributed by atoms with Crippen LogP contribution in [0.15, 0.2) is 164 Å². The molecule has 2 heterocycles. The largest absolute Gasteiger partial charge is 0.309 e. The highest BCUT2D eigenvalue weighted by molar-refractivity contribution is 6.13. The van der Waals surface area contributed by atoms with E-state index >= 15 is 0 Å². The molecule has 0 spiro atoms. The highest BCUT2D eigenvalue weighted by Gasteiger charge is 2.19. The third kappa shape index (κ3) is 4.19. The molecule has 0 radical (unpaired) electrons. The van der Waals surface area contributed by atoms with E-state index in [9.17, 15) is 0 Å². The van der Waals surface area contributed by atoms with Crippen molar-refractivity contribution in [2.24, 2.45) is 0 Å². The van der Waals surface area contributed by atoms with Crippen LogP contribution in [0.2, 0.25) is 0 Å². The molecule has 0 saturated carbocycles. The lowest BCUT2D eigenvalue weighted by Crippen LogP contribution is -1.99. The van der Waals surface area contributed by atoms with Crippen molar-refractivity contribution in [2.45, 2.75) is 6.92 Å². The van der Waals surface area contributed by atoms with E-state index in [0.29, 0.717) is 0 Å². The normalized spacial score (nSPS) is 11.9.